The lowest BCUT2D eigenvalue weighted by Crippen LogP contribution is -2.19. The Bertz CT molecular complexity index is 930. The van der Waals surface area contributed by atoms with Crippen molar-refractivity contribution < 1.29 is 17.9 Å². The van der Waals surface area contributed by atoms with E-state index >= 15 is 0 Å². The molecular formula is C19H22N2O4S. The highest BCUT2D eigenvalue weighted by Crippen LogP contribution is 2.25. The summed E-state index contributed by atoms with van der Waals surface area (Å²) in [7, 11) is -0.942. The standard InChI is InChI=1S/C19H22N2O4S/c1-13-9-14(2)11-16(10-13)21-19(22)8-6-15-5-7-17(25-4)18(12-15)26(23,24)20-3/h5-12,20H,1-4H3,(H,21,22)/b8-6+. The minimum atomic E-state index is -3.67. The molecule has 0 aliphatic heterocycles. The molecule has 7 heteroatoms. The average Bonchev–Trinajstić information content (AvgIpc) is 2.58. The summed E-state index contributed by atoms with van der Waals surface area (Å²) in [6.45, 7) is 3.92. The van der Waals surface area contributed by atoms with Crippen molar-refractivity contribution in [3.8, 4) is 5.75 Å². The predicted octanol–water partition coefficient (Wildman–Crippen LogP) is 2.87. The van der Waals surface area contributed by atoms with Crippen molar-refractivity contribution in [2.45, 2.75) is 18.7 Å². The van der Waals surface area contributed by atoms with Crippen molar-refractivity contribution in [2.75, 3.05) is 19.5 Å². The molecule has 138 valence electrons. The number of ether oxygens (including phenoxy) is 1. The molecule has 0 bridgehead atoms. The van der Waals surface area contributed by atoms with E-state index in [4.69, 9.17) is 4.74 Å². The molecule has 0 unspecified atom stereocenters. The van der Waals surface area contributed by atoms with Gasteiger partial charge in [0, 0.05) is 11.8 Å². The number of sulfonamides is 1. The van der Waals surface area contributed by atoms with Crippen LogP contribution >= 0.6 is 0 Å². The highest BCUT2D eigenvalue weighted by molar-refractivity contribution is 7.89. The Hall–Kier alpha value is -2.64. The molecule has 0 radical (unpaired) electrons. The molecule has 0 aliphatic rings. The number of hydrogen-bond donors (Lipinski definition) is 2. The zero-order valence-electron chi connectivity index (χ0n) is 15.2. The lowest BCUT2D eigenvalue weighted by molar-refractivity contribution is -0.111. The Balaban J connectivity index is 2.22. The van der Waals surface area contributed by atoms with Crippen LogP contribution < -0.4 is 14.8 Å². The van der Waals surface area contributed by atoms with Crippen LogP contribution in [0.2, 0.25) is 0 Å². The average molecular weight is 374 g/mol. The van der Waals surface area contributed by atoms with Gasteiger partial charge in [-0.05, 0) is 67.9 Å². The molecule has 0 saturated carbocycles. The Morgan fingerprint density at radius 3 is 2.31 bits per heavy atom. The van der Waals surface area contributed by atoms with Gasteiger partial charge in [-0.25, -0.2) is 13.1 Å². The number of carbonyl (C=O) groups is 1. The summed E-state index contributed by atoms with van der Waals surface area (Å²) in [6.07, 6.45) is 2.90. The molecular weight excluding hydrogens is 352 g/mol. The second-order valence-electron chi connectivity index (χ2n) is 5.82. The van der Waals surface area contributed by atoms with Crippen LogP contribution in [-0.2, 0) is 14.8 Å². The molecule has 0 aromatic heterocycles. The van der Waals surface area contributed by atoms with Crippen molar-refractivity contribution in [1.29, 1.82) is 0 Å². The minimum absolute atomic E-state index is 0.0133. The maximum Gasteiger partial charge on any atom is 0.248 e. The van der Waals surface area contributed by atoms with Crippen molar-refractivity contribution in [3.05, 3.63) is 59.2 Å². The first-order valence-electron chi connectivity index (χ1n) is 7.94. The van der Waals surface area contributed by atoms with Gasteiger partial charge >= 0.3 is 0 Å². The van der Waals surface area contributed by atoms with Crippen molar-refractivity contribution in [1.82, 2.24) is 4.72 Å². The Kier molecular flexibility index (Phi) is 6.18. The van der Waals surface area contributed by atoms with Gasteiger partial charge in [-0.1, -0.05) is 12.1 Å². The number of carbonyl (C=O) groups excluding carboxylic acids is 1. The number of hydrogen-bond acceptors (Lipinski definition) is 4. The van der Waals surface area contributed by atoms with Crippen molar-refractivity contribution in [2.24, 2.45) is 0 Å². The van der Waals surface area contributed by atoms with Gasteiger partial charge in [-0.3, -0.25) is 4.79 Å². The molecule has 0 spiro atoms. The largest absolute Gasteiger partial charge is 0.495 e. The molecule has 0 fully saturated rings. The van der Waals surface area contributed by atoms with Crippen LogP contribution in [-0.4, -0.2) is 28.5 Å². The number of nitrogens with one attached hydrogen (secondary N) is 2. The molecule has 2 aromatic rings. The molecule has 26 heavy (non-hydrogen) atoms. The van der Waals surface area contributed by atoms with Gasteiger partial charge in [0.1, 0.15) is 10.6 Å². The van der Waals surface area contributed by atoms with Gasteiger partial charge in [0.2, 0.25) is 15.9 Å². The molecule has 1 amide bonds. The van der Waals surface area contributed by atoms with Gasteiger partial charge < -0.3 is 10.1 Å². The number of methoxy groups -OCH3 is 1. The molecule has 0 atom stereocenters. The summed E-state index contributed by atoms with van der Waals surface area (Å²) in [5.41, 5.74) is 3.39. The van der Waals surface area contributed by atoms with Crippen LogP contribution in [0.1, 0.15) is 16.7 Å². The van der Waals surface area contributed by atoms with Crippen LogP contribution in [0.3, 0.4) is 0 Å². The number of amides is 1. The van der Waals surface area contributed by atoms with E-state index in [1.807, 2.05) is 32.0 Å². The Morgan fingerprint density at radius 2 is 1.73 bits per heavy atom. The summed E-state index contributed by atoms with van der Waals surface area (Å²) < 4.78 is 31.5. The fraction of sp³-hybridized carbons (Fsp3) is 0.211. The third kappa shape index (κ3) is 4.93. The molecule has 0 saturated heterocycles. The fourth-order valence-electron chi connectivity index (χ4n) is 2.52. The molecule has 2 rings (SSSR count). The summed E-state index contributed by atoms with van der Waals surface area (Å²) in [5.74, 6) is -0.0694. The van der Waals surface area contributed by atoms with E-state index in [9.17, 15) is 13.2 Å². The van der Waals surface area contributed by atoms with E-state index in [1.165, 1.54) is 26.3 Å². The first kappa shape index (κ1) is 19.7. The van der Waals surface area contributed by atoms with Crippen molar-refractivity contribution >= 4 is 27.7 Å². The molecule has 2 N–H and O–H groups in total. The Morgan fingerprint density at radius 1 is 1.08 bits per heavy atom. The van der Waals surface area contributed by atoms with Gasteiger partial charge in [0.15, 0.2) is 0 Å². The SMILES string of the molecule is CNS(=O)(=O)c1cc(/C=C/C(=O)Nc2cc(C)cc(C)c2)ccc1OC. The lowest BCUT2D eigenvalue weighted by atomic mass is 10.1. The van der Waals surface area contributed by atoms with Crippen LogP contribution in [0.25, 0.3) is 6.08 Å². The van der Waals surface area contributed by atoms with Gasteiger partial charge in [0.25, 0.3) is 0 Å². The normalized spacial score (nSPS) is 11.5. The topological polar surface area (TPSA) is 84.5 Å². The fourth-order valence-corrected chi connectivity index (χ4v) is 3.45. The highest BCUT2D eigenvalue weighted by Gasteiger charge is 2.17. The molecule has 0 heterocycles. The summed E-state index contributed by atoms with van der Waals surface area (Å²) in [4.78, 5) is 12.1. The lowest BCUT2D eigenvalue weighted by Gasteiger charge is -2.09. The first-order valence-corrected chi connectivity index (χ1v) is 9.42. The quantitative estimate of drug-likeness (QED) is 0.762. The van der Waals surface area contributed by atoms with Crippen molar-refractivity contribution in [3.63, 3.8) is 0 Å². The maximum absolute atomic E-state index is 12.1. The zero-order valence-corrected chi connectivity index (χ0v) is 16.0. The third-order valence-corrected chi connectivity index (χ3v) is 5.10. The molecule has 2 aromatic carbocycles. The molecule has 6 nitrogen and oxygen atoms in total. The van der Waals surface area contributed by atoms with E-state index in [1.54, 1.807) is 18.2 Å². The van der Waals surface area contributed by atoms with E-state index in [0.29, 0.717) is 11.3 Å². The summed E-state index contributed by atoms with van der Waals surface area (Å²) in [6, 6.07) is 10.4. The highest BCUT2D eigenvalue weighted by atomic mass is 32.2. The number of rotatable bonds is 6. The van der Waals surface area contributed by atoms with Crippen LogP contribution in [0.15, 0.2) is 47.4 Å². The number of benzene rings is 2. The minimum Gasteiger partial charge on any atom is -0.495 e. The van der Waals surface area contributed by atoms with Gasteiger partial charge in [-0.15, -0.1) is 0 Å². The monoisotopic (exact) mass is 374 g/mol. The van der Waals surface area contributed by atoms with Crippen LogP contribution in [0.5, 0.6) is 5.75 Å². The summed E-state index contributed by atoms with van der Waals surface area (Å²) >= 11 is 0. The second-order valence-corrected chi connectivity index (χ2v) is 7.67. The number of aryl methyl sites for hydroxylation is 2. The van der Waals surface area contributed by atoms with E-state index in [-0.39, 0.29) is 16.6 Å². The Labute approximate surface area is 153 Å². The second kappa shape index (κ2) is 8.16. The van der Waals surface area contributed by atoms with Gasteiger partial charge in [0.05, 0.1) is 7.11 Å². The van der Waals surface area contributed by atoms with E-state index < -0.39 is 10.0 Å². The van der Waals surface area contributed by atoms with E-state index in [0.717, 1.165) is 11.1 Å². The molecule has 0 aliphatic carbocycles. The summed E-state index contributed by atoms with van der Waals surface area (Å²) in [5, 5.41) is 2.79. The van der Waals surface area contributed by atoms with Crippen LogP contribution in [0, 0.1) is 13.8 Å². The van der Waals surface area contributed by atoms with Crippen LogP contribution in [0.4, 0.5) is 5.69 Å². The smallest absolute Gasteiger partial charge is 0.248 e. The first-order chi connectivity index (χ1) is 12.2. The zero-order chi connectivity index (χ0) is 19.3. The van der Waals surface area contributed by atoms with E-state index in [2.05, 4.69) is 10.0 Å². The maximum atomic E-state index is 12.1. The third-order valence-electron chi connectivity index (χ3n) is 3.66. The predicted molar refractivity (Wildman–Crippen MR) is 103 cm³/mol. The van der Waals surface area contributed by atoms with Gasteiger partial charge in [-0.2, -0.15) is 0 Å². The number of anilines is 1.